The first-order chi connectivity index (χ1) is 15.3. The highest BCUT2D eigenvalue weighted by Gasteiger charge is 2.15. The van der Waals surface area contributed by atoms with E-state index < -0.39 is 0 Å². The first kappa shape index (κ1) is 18.7. The van der Waals surface area contributed by atoms with Crippen molar-refractivity contribution in [2.24, 2.45) is 0 Å². The van der Waals surface area contributed by atoms with Crippen molar-refractivity contribution < 1.29 is 5.11 Å². The number of phenols is 1. The van der Waals surface area contributed by atoms with Crippen molar-refractivity contribution in [1.82, 2.24) is 19.9 Å². The molecule has 0 fully saturated rings. The summed E-state index contributed by atoms with van der Waals surface area (Å²) in [7, 11) is 0. The van der Waals surface area contributed by atoms with E-state index >= 15 is 0 Å². The topological polar surface area (TPSA) is 83.8 Å². The number of fused-ring (bicyclic) bond motifs is 1. The van der Waals surface area contributed by atoms with Gasteiger partial charge in [-0.2, -0.15) is 0 Å². The van der Waals surface area contributed by atoms with Gasteiger partial charge in [0.1, 0.15) is 17.9 Å². The van der Waals surface area contributed by atoms with Gasteiger partial charge >= 0.3 is 0 Å². The molecule has 2 aromatic heterocycles. The van der Waals surface area contributed by atoms with Crippen molar-refractivity contribution in [1.29, 1.82) is 0 Å². The lowest BCUT2D eigenvalue weighted by Gasteiger charge is -2.15. The van der Waals surface area contributed by atoms with Gasteiger partial charge in [-0.15, -0.1) is 0 Å². The number of hydrogen-bond donors (Lipinski definition) is 2. The Kier molecular flexibility index (Phi) is 4.94. The Morgan fingerprint density at radius 3 is 2.32 bits per heavy atom. The van der Waals surface area contributed by atoms with Crippen LogP contribution in [0, 0.1) is 0 Å². The number of phenolic OH excluding ortho intramolecular Hbond substituents is 1. The number of anilines is 1. The van der Waals surface area contributed by atoms with Crippen molar-refractivity contribution in [3.05, 3.63) is 97.1 Å². The molecule has 6 heteroatoms. The molecule has 0 aliphatic heterocycles. The van der Waals surface area contributed by atoms with Crippen LogP contribution < -0.4 is 5.32 Å². The highest BCUT2D eigenvalue weighted by Crippen LogP contribution is 2.34. The summed E-state index contributed by atoms with van der Waals surface area (Å²) in [5, 5.41) is 14.5. The fourth-order valence-electron chi connectivity index (χ4n) is 3.55. The number of para-hydroxylation sites is 1. The lowest BCUT2D eigenvalue weighted by Crippen LogP contribution is -2.05. The number of aromatic nitrogens is 4. The van der Waals surface area contributed by atoms with Crippen molar-refractivity contribution in [3.8, 4) is 28.3 Å². The van der Waals surface area contributed by atoms with Crippen LogP contribution in [0.15, 0.2) is 91.5 Å². The van der Waals surface area contributed by atoms with Gasteiger partial charge in [-0.1, -0.05) is 60.7 Å². The Morgan fingerprint density at radius 1 is 0.742 bits per heavy atom. The Hall–Kier alpha value is -4.32. The number of nitrogens with one attached hydrogen (secondary N) is 1. The maximum Gasteiger partial charge on any atom is 0.165 e. The Labute approximate surface area is 179 Å². The van der Waals surface area contributed by atoms with Crippen molar-refractivity contribution in [3.63, 3.8) is 0 Å². The van der Waals surface area contributed by atoms with Gasteiger partial charge in [0.25, 0.3) is 0 Å². The molecule has 3 aromatic carbocycles. The van der Waals surface area contributed by atoms with E-state index in [1.165, 1.54) is 6.33 Å². The molecule has 5 rings (SSSR count). The third-order valence-electron chi connectivity index (χ3n) is 5.06. The van der Waals surface area contributed by atoms with Crippen LogP contribution in [0.4, 0.5) is 5.82 Å². The number of hydrogen-bond acceptors (Lipinski definition) is 6. The zero-order valence-corrected chi connectivity index (χ0v) is 16.6. The Bertz CT molecular complexity index is 1340. The number of rotatable bonds is 5. The van der Waals surface area contributed by atoms with E-state index in [0.29, 0.717) is 18.2 Å². The minimum atomic E-state index is 0.244. The zero-order valence-electron chi connectivity index (χ0n) is 16.6. The van der Waals surface area contributed by atoms with Gasteiger partial charge < -0.3 is 10.4 Å². The smallest absolute Gasteiger partial charge is 0.165 e. The van der Waals surface area contributed by atoms with Crippen molar-refractivity contribution in [2.75, 3.05) is 5.32 Å². The van der Waals surface area contributed by atoms with E-state index in [4.69, 9.17) is 9.97 Å². The normalized spacial score (nSPS) is 10.8. The monoisotopic (exact) mass is 405 g/mol. The molecule has 0 unspecified atom stereocenters. The van der Waals surface area contributed by atoms with E-state index in [2.05, 4.69) is 33.5 Å². The number of benzene rings is 3. The molecule has 0 aliphatic carbocycles. The molecule has 0 amide bonds. The van der Waals surface area contributed by atoms with Crippen LogP contribution in [0.3, 0.4) is 0 Å². The van der Waals surface area contributed by atoms with Crippen LogP contribution in [-0.2, 0) is 6.54 Å². The average molecular weight is 405 g/mol. The lowest BCUT2D eigenvalue weighted by molar-refractivity contribution is 0.469. The molecule has 6 nitrogen and oxygen atoms in total. The summed E-state index contributed by atoms with van der Waals surface area (Å²) in [6.07, 6.45) is 4.87. The van der Waals surface area contributed by atoms with Gasteiger partial charge in [0.05, 0.1) is 16.5 Å². The maximum atomic E-state index is 10.2. The minimum absolute atomic E-state index is 0.244. The molecule has 0 saturated heterocycles. The summed E-state index contributed by atoms with van der Waals surface area (Å²) in [6.45, 7) is 0.423. The van der Waals surface area contributed by atoms with Crippen LogP contribution in [0.2, 0.25) is 0 Å². The van der Waals surface area contributed by atoms with E-state index in [-0.39, 0.29) is 5.75 Å². The summed E-state index contributed by atoms with van der Waals surface area (Å²) in [5.74, 6) is 1.47. The molecule has 0 spiro atoms. The minimum Gasteiger partial charge on any atom is -0.508 e. The fraction of sp³-hybridized carbons (Fsp3) is 0.0400. The predicted molar refractivity (Wildman–Crippen MR) is 121 cm³/mol. The van der Waals surface area contributed by atoms with Gasteiger partial charge in [0.2, 0.25) is 0 Å². The molecule has 0 saturated carbocycles. The first-order valence-corrected chi connectivity index (χ1v) is 9.92. The van der Waals surface area contributed by atoms with Crippen molar-refractivity contribution in [2.45, 2.75) is 6.54 Å². The SMILES string of the molecule is Oc1ccccc1CNc1nc(-c2cncnc2)nc2cccc(-c3ccccc3)c12. The summed E-state index contributed by atoms with van der Waals surface area (Å²) in [6, 6.07) is 23.5. The number of nitrogens with zero attached hydrogens (tertiary/aromatic N) is 4. The van der Waals surface area contributed by atoms with Crippen LogP contribution >= 0.6 is 0 Å². The van der Waals surface area contributed by atoms with Gasteiger partial charge in [0.15, 0.2) is 5.82 Å². The molecule has 0 atom stereocenters. The fourth-order valence-corrected chi connectivity index (χ4v) is 3.55. The number of aromatic hydroxyl groups is 1. The average Bonchev–Trinajstić information content (AvgIpc) is 2.84. The maximum absolute atomic E-state index is 10.2. The van der Waals surface area contributed by atoms with Gasteiger partial charge in [0, 0.05) is 24.5 Å². The molecule has 0 radical (unpaired) electrons. The molecular formula is C25H19N5O. The van der Waals surface area contributed by atoms with E-state index in [9.17, 15) is 5.11 Å². The lowest BCUT2D eigenvalue weighted by atomic mass is 10.0. The molecule has 2 heterocycles. The van der Waals surface area contributed by atoms with Crippen LogP contribution in [0.5, 0.6) is 5.75 Å². The molecular weight excluding hydrogens is 386 g/mol. The Morgan fingerprint density at radius 2 is 1.52 bits per heavy atom. The molecule has 150 valence electrons. The second-order valence-electron chi connectivity index (χ2n) is 7.07. The summed E-state index contributed by atoms with van der Waals surface area (Å²) < 4.78 is 0. The molecule has 0 aliphatic rings. The second-order valence-corrected chi connectivity index (χ2v) is 7.07. The molecule has 5 aromatic rings. The highest BCUT2D eigenvalue weighted by molar-refractivity contribution is 6.02. The summed E-state index contributed by atoms with van der Waals surface area (Å²) >= 11 is 0. The van der Waals surface area contributed by atoms with Gasteiger partial charge in [-0.05, 0) is 23.3 Å². The van der Waals surface area contributed by atoms with E-state index in [1.807, 2.05) is 42.5 Å². The first-order valence-electron chi connectivity index (χ1n) is 9.92. The predicted octanol–water partition coefficient (Wildman–Crippen LogP) is 5.07. The molecule has 31 heavy (non-hydrogen) atoms. The van der Waals surface area contributed by atoms with Gasteiger partial charge in [-0.3, -0.25) is 0 Å². The highest BCUT2D eigenvalue weighted by atomic mass is 16.3. The van der Waals surface area contributed by atoms with E-state index in [1.54, 1.807) is 24.5 Å². The van der Waals surface area contributed by atoms with Crippen molar-refractivity contribution >= 4 is 16.7 Å². The van der Waals surface area contributed by atoms with E-state index in [0.717, 1.165) is 33.2 Å². The third kappa shape index (κ3) is 3.79. The largest absolute Gasteiger partial charge is 0.508 e. The second kappa shape index (κ2) is 8.20. The molecule has 0 bridgehead atoms. The third-order valence-corrected chi connectivity index (χ3v) is 5.06. The quantitative estimate of drug-likeness (QED) is 0.425. The van der Waals surface area contributed by atoms with Crippen LogP contribution in [-0.4, -0.2) is 25.0 Å². The molecule has 2 N–H and O–H groups in total. The summed E-state index contributed by atoms with van der Waals surface area (Å²) in [4.78, 5) is 17.8. The zero-order chi connectivity index (χ0) is 21.0. The van der Waals surface area contributed by atoms with Crippen LogP contribution in [0.1, 0.15) is 5.56 Å². The standard InChI is InChI=1S/C25H19N5O/c31-22-12-5-4-9-18(22)15-28-25-23-20(17-7-2-1-3-8-17)10-6-11-21(23)29-24(30-25)19-13-26-16-27-14-19/h1-14,16,31H,15H2,(H,28,29,30). The summed E-state index contributed by atoms with van der Waals surface area (Å²) in [5.41, 5.74) is 4.46. The Balaban J connectivity index is 1.68. The van der Waals surface area contributed by atoms with Gasteiger partial charge in [-0.25, -0.2) is 19.9 Å². The van der Waals surface area contributed by atoms with Crippen LogP contribution in [0.25, 0.3) is 33.4 Å².